The molecule has 8 nitrogen and oxygen atoms in total. The molecule has 2 amide bonds. The zero-order chi connectivity index (χ0) is 17.6. The van der Waals surface area contributed by atoms with Gasteiger partial charge in [-0.05, 0) is 36.4 Å². The molecular weight excluding hydrogens is 326 g/mol. The Kier molecular flexibility index (Phi) is 4.91. The average Bonchev–Trinajstić information content (AvgIpc) is 3.28. The first-order chi connectivity index (χ1) is 12.2. The van der Waals surface area contributed by atoms with Gasteiger partial charge in [0.05, 0.1) is 6.26 Å². The number of furan rings is 1. The van der Waals surface area contributed by atoms with Crippen LogP contribution in [0.2, 0.25) is 0 Å². The van der Waals surface area contributed by atoms with E-state index in [2.05, 4.69) is 15.8 Å². The first-order valence-corrected chi connectivity index (χ1v) is 7.36. The van der Waals surface area contributed by atoms with Gasteiger partial charge in [0.1, 0.15) is 6.61 Å². The summed E-state index contributed by atoms with van der Waals surface area (Å²) in [5.74, 6) is 0.180. The topological polar surface area (TPSA) is 107 Å². The molecule has 2 N–H and O–H groups in total. The van der Waals surface area contributed by atoms with E-state index in [0.29, 0.717) is 22.9 Å². The minimum Gasteiger partial charge on any atom is -0.461 e. The van der Waals surface area contributed by atoms with Crippen molar-refractivity contribution < 1.29 is 23.3 Å². The first-order valence-electron chi connectivity index (χ1n) is 7.36. The van der Waals surface area contributed by atoms with E-state index >= 15 is 0 Å². The minimum atomic E-state index is -0.419. The molecule has 3 rings (SSSR count). The molecule has 0 aliphatic carbocycles. The fraction of sp³-hybridized carbons (Fsp3) is 0.118. The van der Waals surface area contributed by atoms with Crippen molar-refractivity contribution in [3.8, 4) is 11.5 Å². The number of carbonyl (C=O) groups excluding carboxylic acids is 2. The van der Waals surface area contributed by atoms with Crippen LogP contribution in [0.15, 0.2) is 57.7 Å². The lowest BCUT2D eigenvalue weighted by Crippen LogP contribution is -2.17. The van der Waals surface area contributed by atoms with Crippen molar-refractivity contribution in [3.63, 3.8) is 0 Å². The molecule has 25 heavy (non-hydrogen) atoms. The second-order valence-electron chi connectivity index (χ2n) is 5.07. The van der Waals surface area contributed by atoms with E-state index in [4.69, 9.17) is 13.7 Å². The number of methoxy groups -OCH3 is 1. The fourth-order valence-corrected chi connectivity index (χ4v) is 2.08. The maximum absolute atomic E-state index is 12.2. The van der Waals surface area contributed by atoms with Crippen molar-refractivity contribution in [2.75, 3.05) is 24.4 Å². The summed E-state index contributed by atoms with van der Waals surface area (Å²) in [6.07, 6.45) is 1.50. The van der Waals surface area contributed by atoms with Crippen LogP contribution in [0.3, 0.4) is 0 Å². The zero-order valence-corrected chi connectivity index (χ0v) is 13.3. The van der Waals surface area contributed by atoms with E-state index in [0.717, 1.165) is 0 Å². The number of ether oxygens (including phenoxy) is 1. The van der Waals surface area contributed by atoms with Gasteiger partial charge in [-0.3, -0.25) is 9.59 Å². The van der Waals surface area contributed by atoms with Gasteiger partial charge >= 0.3 is 0 Å². The maximum atomic E-state index is 12.2. The number of aromatic nitrogens is 1. The number of hydrogen-bond donors (Lipinski definition) is 2. The van der Waals surface area contributed by atoms with E-state index in [9.17, 15) is 9.59 Å². The van der Waals surface area contributed by atoms with Gasteiger partial charge in [0, 0.05) is 24.6 Å². The molecule has 3 aromatic rings. The van der Waals surface area contributed by atoms with Crippen molar-refractivity contribution >= 4 is 23.2 Å². The van der Waals surface area contributed by atoms with Crippen LogP contribution >= 0.6 is 0 Å². The molecule has 2 aromatic heterocycles. The summed E-state index contributed by atoms with van der Waals surface area (Å²) in [6, 6.07) is 11.6. The fourth-order valence-electron chi connectivity index (χ4n) is 2.08. The van der Waals surface area contributed by atoms with Crippen LogP contribution in [0.4, 0.5) is 11.4 Å². The quantitative estimate of drug-likeness (QED) is 0.714. The van der Waals surface area contributed by atoms with Crippen LogP contribution in [0.25, 0.3) is 11.5 Å². The number of amides is 2. The van der Waals surface area contributed by atoms with Crippen molar-refractivity contribution in [3.05, 3.63) is 54.4 Å². The molecule has 1 aromatic carbocycles. The maximum Gasteiger partial charge on any atom is 0.277 e. The molecule has 0 aliphatic rings. The Morgan fingerprint density at radius 3 is 2.44 bits per heavy atom. The summed E-state index contributed by atoms with van der Waals surface area (Å²) >= 11 is 0. The summed E-state index contributed by atoms with van der Waals surface area (Å²) in [7, 11) is 1.44. The SMILES string of the molecule is COCC(=O)Nc1ccc(NC(=O)c2cc(-c3ccco3)on2)cc1. The number of benzene rings is 1. The molecule has 0 aliphatic heterocycles. The van der Waals surface area contributed by atoms with Gasteiger partial charge in [-0.1, -0.05) is 5.16 Å². The Morgan fingerprint density at radius 2 is 1.80 bits per heavy atom. The Labute approximate surface area is 142 Å². The number of nitrogens with zero attached hydrogens (tertiary/aromatic N) is 1. The van der Waals surface area contributed by atoms with Crippen molar-refractivity contribution in [1.82, 2.24) is 5.16 Å². The lowest BCUT2D eigenvalue weighted by Gasteiger charge is -2.06. The molecule has 0 saturated carbocycles. The van der Waals surface area contributed by atoms with Gasteiger partial charge in [-0.2, -0.15) is 0 Å². The van der Waals surface area contributed by atoms with E-state index in [1.165, 1.54) is 19.4 Å². The number of hydrogen-bond acceptors (Lipinski definition) is 6. The first kappa shape index (κ1) is 16.5. The Hall–Kier alpha value is -3.39. The molecule has 0 spiro atoms. The second kappa shape index (κ2) is 7.45. The predicted molar refractivity (Wildman–Crippen MR) is 89.1 cm³/mol. The Bertz CT molecular complexity index is 853. The van der Waals surface area contributed by atoms with E-state index < -0.39 is 5.91 Å². The Morgan fingerprint density at radius 1 is 1.08 bits per heavy atom. The van der Waals surface area contributed by atoms with Crippen molar-refractivity contribution in [2.45, 2.75) is 0 Å². The highest BCUT2D eigenvalue weighted by atomic mass is 16.5. The van der Waals surface area contributed by atoms with Crippen LogP contribution in [-0.4, -0.2) is 30.7 Å². The lowest BCUT2D eigenvalue weighted by atomic mass is 10.2. The van der Waals surface area contributed by atoms with E-state index in [1.54, 1.807) is 36.4 Å². The average molecular weight is 341 g/mol. The van der Waals surface area contributed by atoms with Crippen LogP contribution in [-0.2, 0) is 9.53 Å². The van der Waals surface area contributed by atoms with E-state index in [-0.39, 0.29) is 18.2 Å². The highest BCUT2D eigenvalue weighted by Crippen LogP contribution is 2.21. The molecule has 0 radical (unpaired) electrons. The molecular formula is C17H15N3O5. The van der Waals surface area contributed by atoms with Gasteiger partial charge in [0.25, 0.3) is 5.91 Å². The number of nitrogens with one attached hydrogen (secondary N) is 2. The van der Waals surface area contributed by atoms with Crippen LogP contribution in [0.5, 0.6) is 0 Å². The van der Waals surface area contributed by atoms with Crippen LogP contribution in [0, 0.1) is 0 Å². The lowest BCUT2D eigenvalue weighted by molar-refractivity contribution is -0.119. The van der Waals surface area contributed by atoms with Gasteiger partial charge in [0.15, 0.2) is 11.5 Å². The third-order valence-corrected chi connectivity index (χ3v) is 3.21. The summed E-state index contributed by atoms with van der Waals surface area (Å²) in [4.78, 5) is 23.6. The second-order valence-corrected chi connectivity index (χ2v) is 5.07. The van der Waals surface area contributed by atoms with E-state index in [1.807, 2.05) is 0 Å². The molecule has 0 fully saturated rings. The minimum absolute atomic E-state index is 0.0252. The van der Waals surface area contributed by atoms with Gasteiger partial charge in [-0.25, -0.2) is 0 Å². The molecule has 0 bridgehead atoms. The normalized spacial score (nSPS) is 10.4. The van der Waals surface area contributed by atoms with Crippen LogP contribution < -0.4 is 10.6 Å². The third kappa shape index (κ3) is 4.12. The molecule has 128 valence electrons. The number of carbonyl (C=O) groups is 2. The molecule has 2 heterocycles. The standard InChI is InChI=1S/C17H15N3O5/c1-23-10-16(21)18-11-4-6-12(7-5-11)19-17(22)13-9-15(25-20-13)14-3-2-8-24-14/h2-9H,10H2,1H3,(H,18,21)(H,19,22). The number of anilines is 2. The van der Waals surface area contributed by atoms with Gasteiger partial charge in [-0.15, -0.1) is 0 Å². The Balaban J connectivity index is 1.62. The van der Waals surface area contributed by atoms with Gasteiger partial charge in [0.2, 0.25) is 11.7 Å². The predicted octanol–water partition coefficient (Wildman–Crippen LogP) is 2.77. The summed E-state index contributed by atoms with van der Waals surface area (Å²) < 4.78 is 15.0. The molecule has 0 atom stereocenters. The largest absolute Gasteiger partial charge is 0.461 e. The molecule has 0 unspecified atom stereocenters. The van der Waals surface area contributed by atoms with Gasteiger partial charge < -0.3 is 24.3 Å². The van der Waals surface area contributed by atoms with Crippen molar-refractivity contribution in [1.29, 1.82) is 0 Å². The third-order valence-electron chi connectivity index (χ3n) is 3.21. The smallest absolute Gasteiger partial charge is 0.277 e. The highest BCUT2D eigenvalue weighted by Gasteiger charge is 2.15. The summed E-state index contributed by atoms with van der Waals surface area (Å²) in [5.41, 5.74) is 1.28. The van der Waals surface area contributed by atoms with Crippen molar-refractivity contribution in [2.24, 2.45) is 0 Å². The zero-order valence-electron chi connectivity index (χ0n) is 13.3. The summed E-state index contributed by atoms with van der Waals surface area (Å²) in [6.45, 7) is -0.0252. The highest BCUT2D eigenvalue weighted by molar-refractivity contribution is 6.03. The number of rotatable bonds is 6. The summed E-state index contributed by atoms with van der Waals surface area (Å²) in [5, 5.41) is 9.08. The van der Waals surface area contributed by atoms with Crippen LogP contribution in [0.1, 0.15) is 10.5 Å². The molecule has 0 saturated heterocycles. The monoisotopic (exact) mass is 341 g/mol. The molecule has 8 heteroatoms.